The van der Waals surface area contributed by atoms with Gasteiger partial charge in [-0.05, 0) is 45.1 Å². The molecule has 0 radical (unpaired) electrons. The summed E-state index contributed by atoms with van der Waals surface area (Å²) in [6.45, 7) is 9.03. The fraction of sp³-hybridized carbons (Fsp3) is 0.733. The lowest BCUT2D eigenvalue weighted by Crippen LogP contribution is -2.27. The van der Waals surface area contributed by atoms with Crippen molar-refractivity contribution in [3.63, 3.8) is 0 Å². The Morgan fingerprint density at radius 3 is 2.60 bits per heavy atom. The van der Waals surface area contributed by atoms with Crippen LogP contribution in [0.15, 0.2) is 5.38 Å². The van der Waals surface area contributed by atoms with Crippen LogP contribution in [-0.4, -0.2) is 17.4 Å². The van der Waals surface area contributed by atoms with Gasteiger partial charge in [0.2, 0.25) is 5.91 Å². The Kier molecular flexibility index (Phi) is 7.16. The molecule has 0 aliphatic heterocycles. The molecule has 0 aliphatic carbocycles. The molecule has 0 bridgehead atoms. The molecule has 0 saturated carbocycles. The maximum Gasteiger partial charge on any atom is 0.220 e. The van der Waals surface area contributed by atoms with E-state index in [0.717, 1.165) is 23.5 Å². The maximum absolute atomic E-state index is 12.0. The summed E-state index contributed by atoms with van der Waals surface area (Å²) < 4.78 is 0. The molecule has 1 amide bonds. The molecule has 1 aromatic heterocycles. The summed E-state index contributed by atoms with van der Waals surface area (Å²) in [4.78, 5) is 16.4. The number of nitrogens with two attached hydrogens (primary N) is 1. The lowest BCUT2D eigenvalue weighted by atomic mass is 9.88. The molecule has 2 atom stereocenters. The summed E-state index contributed by atoms with van der Waals surface area (Å²) in [5.41, 5.74) is 6.63. The third-order valence-corrected chi connectivity index (χ3v) is 4.75. The van der Waals surface area contributed by atoms with Crippen molar-refractivity contribution in [3.8, 4) is 0 Å². The average molecular weight is 297 g/mol. The second-order valence-corrected chi connectivity index (χ2v) is 6.63. The quantitative estimate of drug-likeness (QED) is 0.775. The highest BCUT2D eigenvalue weighted by molar-refractivity contribution is 7.09. The van der Waals surface area contributed by atoms with Gasteiger partial charge in [0.25, 0.3) is 0 Å². The number of aryl methyl sites for hydroxylation is 1. The molecule has 0 saturated heterocycles. The van der Waals surface area contributed by atoms with Crippen LogP contribution < -0.4 is 11.1 Å². The van der Waals surface area contributed by atoms with E-state index in [4.69, 9.17) is 5.73 Å². The van der Waals surface area contributed by atoms with E-state index in [1.165, 1.54) is 0 Å². The van der Waals surface area contributed by atoms with Gasteiger partial charge in [0, 0.05) is 17.5 Å². The Morgan fingerprint density at radius 2 is 2.10 bits per heavy atom. The van der Waals surface area contributed by atoms with Crippen LogP contribution in [0.5, 0.6) is 0 Å². The molecule has 114 valence electrons. The molecule has 5 heteroatoms. The number of aromatic nitrogens is 1. The largest absolute Gasteiger partial charge is 0.347 e. The van der Waals surface area contributed by atoms with Crippen LogP contribution in [0.2, 0.25) is 0 Å². The fourth-order valence-electron chi connectivity index (χ4n) is 2.29. The van der Waals surface area contributed by atoms with E-state index in [0.29, 0.717) is 24.8 Å². The summed E-state index contributed by atoms with van der Waals surface area (Å²) in [6.07, 6.45) is 2.47. The average Bonchev–Trinajstić information content (AvgIpc) is 2.80. The van der Waals surface area contributed by atoms with Crippen molar-refractivity contribution >= 4 is 17.2 Å². The van der Waals surface area contributed by atoms with Crippen molar-refractivity contribution < 1.29 is 4.79 Å². The SMILES string of the molecule is Cc1csc(C(C)NC(=O)CCC(CCN)C(C)C)n1. The highest BCUT2D eigenvalue weighted by atomic mass is 32.1. The van der Waals surface area contributed by atoms with Gasteiger partial charge in [0.05, 0.1) is 6.04 Å². The normalized spacial score (nSPS) is 14.3. The number of carbonyl (C=O) groups is 1. The van der Waals surface area contributed by atoms with Gasteiger partial charge in [-0.25, -0.2) is 4.98 Å². The lowest BCUT2D eigenvalue weighted by Gasteiger charge is -2.20. The topological polar surface area (TPSA) is 68.0 Å². The fourth-order valence-corrected chi connectivity index (χ4v) is 3.09. The highest BCUT2D eigenvalue weighted by Gasteiger charge is 2.16. The van der Waals surface area contributed by atoms with E-state index in [-0.39, 0.29) is 11.9 Å². The van der Waals surface area contributed by atoms with Gasteiger partial charge in [-0.1, -0.05) is 13.8 Å². The first-order valence-electron chi connectivity index (χ1n) is 7.35. The molecule has 0 spiro atoms. The molecule has 0 aromatic carbocycles. The first-order chi connectivity index (χ1) is 9.43. The minimum atomic E-state index is -0.00629. The summed E-state index contributed by atoms with van der Waals surface area (Å²) in [7, 11) is 0. The van der Waals surface area contributed by atoms with Crippen LogP contribution in [0.25, 0.3) is 0 Å². The monoisotopic (exact) mass is 297 g/mol. The number of nitrogens with one attached hydrogen (secondary N) is 1. The number of carbonyl (C=O) groups excluding carboxylic acids is 1. The third kappa shape index (κ3) is 5.59. The summed E-state index contributed by atoms with van der Waals surface area (Å²) in [6, 6.07) is -0.00629. The Bertz CT molecular complexity index is 417. The molecule has 4 nitrogen and oxygen atoms in total. The van der Waals surface area contributed by atoms with Crippen molar-refractivity contribution in [2.45, 2.75) is 53.0 Å². The van der Waals surface area contributed by atoms with Gasteiger partial charge in [-0.3, -0.25) is 4.79 Å². The van der Waals surface area contributed by atoms with Crippen molar-refractivity contribution in [1.29, 1.82) is 0 Å². The van der Waals surface area contributed by atoms with Crippen LogP contribution in [0, 0.1) is 18.8 Å². The van der Waals surface area contributed by atoms with Gasteiger partial charge in [-0.2, -0.15) is 0 Å². The number of amides is 1. The summed E-state index contributed by atoms with van der Waals surface area (Å²) in [5, 5.41) is 6.00. The summed E-state index contributed by atoms with van der Waals surface area (Å²) in [5.74, 6) is 1.21. The molecule has 3 N–H and O–H groups in total. The highest BCUT2D eigenvalue weighted by Crippen LogP contribution is 2.21. The minimum absolute atomic E-state index is 0.00629. The van der Waals surface area contributed by atoms with Crippen molar-refractivity contribution in [2.24, 2.45) is 17.6 Å². The molecule has 1 heterocycles. The first-order valence-corrected chi connectivity index (χ1v) is 8.23. The minimum Gasteiger partial charge on any atom is -0.347 e. The van der Waals surface area contributed by atoms with E-state index < -0.39 is 0 Å². The Labute approximate surface area is 126 Å². The van der Waals surface area contributed by atoms with Gasteiger partial charge in [0.1, 0.15) is 5.01 Å². The van der Waals surface area contributed by atoms with Crippen LogP contribution in [0.3, 0.4) is 0 Å². The Hall–Kier alpha value is -0.940. The molecular weight excluding hydrogens is 270 g/mol. The van der Waals surface area contributed by atoms with E-state index in [2.05, 4.69) is 24.1 Å². The first kappa shape index (κ1) is 17.1. The molecular formula is C15H27N3OS. The van der Waals surface area contributed by atoms with E-state index in [9.17, 15) is 4.79 Å². The molecule has 20 heavy (non-hydrogen) atoms. The van der Waals surface area contributed by atoms with Crippen molar-refractivity contribution in [1.82, 2.24) is 10.3 Å². The third-order valence-electron chi connectivity index (χ3n) is 3.61. The van der Waals surface area contributed by atoms with Gasteiger partial charge >= 0.3 is 0 Å². The molecule has 1 aromatic rings. The van der Waals surface area contributed by atoms with Crippen LogP contribution in [0.1, 0.15) is 56.8 Å². The van der Waals surface area contributed by atoms with E-state index in [1.807, 2.05) is 19.2 Å². The number of hydrogen-bond donors (Lipinski definition) is 2. The standard InChI is InChI=1S/C15H27N3OS/c1-10(2)13(7-8-16)5-6-14(19)18-12(4)15-17-11(3)9-20-15/h9-10,12-13H,5-8,16H2,1-4H3,(H,18,19). The predicted octanol–water partition coefficient (Wildman–Crippen LogP) is 3.03. The van der Waals surface area contributed by atoms with Gasteiger partial charge in [-0.15, -0.1) is 11.3 Å². The summed E-state index contributed by atoms with van der Waals surface area (Å²) >= 11 is 1.59. The van der Waals surface area contributed by atoms with Gasteiger partial charge in [0.15, 0.2) is 0 Å². The molecule has 0 aliphatic rings. The molecule has 1 rings (SSSR count). The smallest absolute Gasteiger partial charge is 0.220 e. The number of rotatable bonds is 8. The van der Waals surface area contributed by atoms with Crippen LogP contribution >= 0.6 is 11.3 Å². The van der Waals surface area contributed by atoms with Crippen LogP contribution in [0.4, 0.5) is 0 Å². The van der Waals surface area contributed by atoms with Gasteiger partial charge < -0.3 is 11.1 Å². The predicted molar refractivity (Wildman–Crippen MR) is 84.6 cm³/mol. The number of hydrogen-bond acceptors (Lipinski definition) is 4. The number of nitrogens with zero attached hydrogens (tertiary/aromatic N) is 1. The van der Waals surface area contributed by atoms with Crippen molar-refractivity contribution in [3.05, 3.63) is 16.1 Å². The zero-order chi connectivity index (χ0) is 15.1. The Morgan fingerprint density at radius 1 is 1.40 bits per heavy atom. The second kappa shape index (κ2) is 8.37. The number of thiazole rings is 1. The molecule has 2 unspecified atom stereocenters. The maximum atomic E-state index is 12.0. The Balaban J connectivity index is 2.39. The molecule has 0 fully saturated rings. The second-order valence-electron chi connectivity index (χ2n) is 5.74. The van der Waals surface area contributed by atoms with E-state index >= 15 is 0 Å². The van der Waals surface area contributed by atoms with E-state index in [1.54, 1.807) is 11.3 Å². The van der Waals surface area contributed by atoms with Crippen molar-refractivity contribution in [2.75, 3.05) is 6.54 Å². The van der Waals surface area contributed by atoms with Crippen LogP contribution in [-0.2, 0) is 4.79 Å². The zero-order valence-corrected chi connectivity index (χ0v) is 13.8. The zero-order valence-electron chi connectivity index (χ0n) is 13.0. The lowest BCUT2D eigenvalue weighted by molar-refractivity contribution is -0.122.